The number of thiophene rings is 1. The Balaban J connectivity index is 1.80. The minimum atomic E-state index is -0.0261. The van der Waals surface area contributed by atoms with Crippen LogP contribution in [-0.4, -0.2) is 40.0 Å². The molecule has 2 aromatic heterocycles. The summed E-state index contributed by atoms with van der Waals surface area (Å²) in [5.41, 5.74) is 1.97. The standard InChI is InChI=1S/C19H24N4OS/c1-3-22(4-2)11-12-23-17-10-6-5-9-16(17)20-19(23)21-18(24)14-15-8-7-13-25-15/h5-10,13H,3-4,11-12,14H2,1-2H3,(H,20,21,24). The Labute approximate surface area is 152 Å². The molecule has 0 saturated heterocycles. The smallest absolute Gasteiger partial charge is 0.231 e. The summed E-state index contributed by atoms with van der Waals surface area (Å²) in [5.74, 6) is 0.608. The molecule has 1 amide bonds. The molecule has 2 heterocycles. The van der Waals surface area contributed by atoms with E-state index in [0.717, 1.165) is 42.1 Å². The first-order valence-corrected chi connectivity index (χ1v) is 9.59. The fraction of sp³-hybridized carbons (Fsp3) is 0.368. The van der Waals surface area contributed by atoms with Crippen LogP contribution in [0.25, 0.3) is 11.0 Å². The van der Waals surface area contributed by atoms with E-state index in [1.54, 1.807) is 11.3 Å². The van der Waals surface area contributed by atoms with E-state index in [9.17, 15) is 4.79 Å². The van der Waals surface area contributed by atoms with Crippen molar-refractivity contribution < 1.29 is 4.79 Å². The van der Waals surface area contributed by atoms with Crippen LogP contribution in [0.5, 0.6) is 0 Å². The monoisotopic (exact) mass is 356 g/mol. The average Bonchev–Trinajstić information content (AvgIpc) is 3.23. The molecular weight excluding hydrogens is 332 g/mol. The van der Waals surface area contributed by atoms with Gasteiger partial charge in [-0.05, 0) is 36.7 Å². The number of aromatic nitrogens is 2. The molecule has 1 aromatic carbocycles. The largest absolute Gasteiger partial charge is 0.309 e. The molecule has 0 spiro atoms. The van der Waals surface area contributed by atoms with Gasteiger partial charge >= 0.3 is 0 Å². The van der Waals surface area contributed by atoms with Crippen molar-refractivity contribution in [1.29, 1.82) is 0 Å². The second-order valence-corrected chi connectivity index (χ2v) is 6.94. The highest BCUT2D eigenvalue weighted by Crippen LogP contribution is 2.20. The summed E-state index contributed by atoms with van der Waals surface area (Å²) in [4.78, 5) is 20.4. The Kier molecular flexibility index (Phi) is 5.83. The Morgan fingerprint density at radius 3 is 2.72 bits per heavy atom. The Bertz CT molecular complexity index is 821. The molecular formula is C19H24N4OS. The van der Waals surface area contributed by atoms with Gasteiger partial charge < -0.3 is 9.47 Å². The molecule has 1 N–H and O–H groups in total. The highest BCUT2D eigenvalue weighted by atomic mass is 32.1. The van der Waals surface area contributed by atoms with Gasteiger partial charge in [0.2, 0.25) is 11.9 Å². The number of para-hydroxylation sites is 2. The predicted molar refractivity (Wildman–Crippen MR) is 104 cm³/mol. The van der Waals surface area contributed by atoms with Crippen LogP contribution in [0.1, 0.15) is 18.7 Å². The maximum atomic E-state index is 12.4. The SMILES string of the molecule is CCN(CC)CCn1c(NC(=O)Cc2cccs2)nc2ccccc21. The molecule has 0 atom stereocenters. The van der Waals surface area contributed by atoms with Crippen molar-refractivity contribution in [3.63, 3.8) is 0 Å². The molecule has 0 aliphatic rings. The summed E-state index contributed by atoms with van der Waals surface area (Å²) >= 11 is 1.60. The number of anilines is 1. The molecule has 0 aliphatic heterocycles. The van der Waals surface area contributed by atoms with E-state index < -0.39 is 0 Å². The number of amides is 1. The topological polar surface area (TPSA) is 50.2 Å². The normalized spacial score (nSPS) is 11.3. The molecule has 5 nitrogen and oxygen atoms in total. The third kappa shape index (κ3) is 4.27. The number of fused-ring (bicyclic) bond motifs is 1. The molecule has 0 saturated carbocycles. The molecule has 0 radical (unpaired) electrons. The zero-order valence-corrected chi connectivity index (χ0v) is 15.6. The third-order valence-corrected chi connectivity index (χ3v) is 5.23. The lowest BCUT2D eigenvalue weighted by Crippen LogP contribution is -2.28. The molecule has 6 heteroatoms. The van der Waals surface area contributed by atoms with E-state index in [4.69, 9.17) is 0 Å². The van der Waals surface area contributed by atoms with Gasteiger partial charge in [-0.2, -0.15) is 0 Å². The van der Waals surface area contributed by atoms with E-state index in [-0.39, 0.29) is 5.91 Å². The summed E-state index contributed by atoms with van der Waals surface area (Å²) in [6.07, 6.45) is 0.386. The van der Waals surface area contributed by atoms with E-state index >= 15 is 0 Å². The second kappa shape index (κ2) is 8.27. The molecule has 0 fully saturated rings. The first-order valence-electron chi connectivity index (χ1n) is 8.71. The zero-order valence-electron chi connectivity index (χ0n) is 14.7. The van der Waals surface area contributed by atoms with Gasteiger partial charge in [-0.3, -0.25) is 10.1 Å². The van der Waals surface area contributed by atoms with Crippen molar-refractivity contribution in [1.82, 2.24) is 14.5 Å². The maximum absolute atomic E-state index is 12.4. The van der Waals surface area contributed by atoms with Crippen LogP contribution in [0.3, 0.4) is 0 Å². The van der Waals surface area contributed by atoms with Gasteiger partial charge in [-0.25, -0.2) is 4.98 Å². The third-order valence-electron chi connectivity index (χ3n) is 4.35. The zero-order chi connectivity index (χ0) is 17.6. The van der Waals surface area contributed by atoms with Crippen molar-refractivity contribution in [2.24, 2.45) is 0 Å². The molecule has 0 aliphatic carbocycles. The van der Waals surface area contributed by atoms with E-state index in [2.05, 4.69) is 39.7 Å². The molecule has 132 valence electrons. The van der Waals surface area contributed by atoms with Crippen molar-refractivity contribution in [3.8, 4) is 0 Å². The van der Waals surface area contributed by atoms with Gasteiger partial charge in [0.1, 0.15) is 0 Å². The maximum Gasteiger partial charge on any atom is 0.231 e. The highest BCUT2D eigenvalue weighted by Gasteiger charge is 2.14. The van der Waals surface area contributed by atoms with Crippen LogP contribution >= 0.6 is 11.3 Å². The molecule has 3 aromatic rings. The summed E-state index contributed by atoms with van der Waals surface area (Å²) in [5, 5.41) is 4.99. The van der Waals surface area contributed by atoms with Crippen LogP contribution in [0.15, 0.2) is 41.8 Å². The number of carbonyl (C=O) groups is 1. The van der Waals surface area contributed by atoms with E-state index in [1.165, 1.54) is 0 Å². The molecule has 25 heavy (non-hydrogen) atoms. The van der Waals surface area contributed by atoms with Gasteiger partial charge in [-0.15, -0.1) is 11.3 Å². The summed E-state index contributed by atoms with van der Waals surface area (Å²) in [6.45, 7) is 8.10. The van der Waals surface area contributed by atoms with Crippen molar-refractivity contribution in [2.75, 3.05) is 25.0 Å². The number of rotatable bonds is 8. The van der Waals surface area contributed by atoms with Crippen LogP contribution in [0.2, 0.25) is 0 Å². The summed E-state index contributed by atoms with van der Waals surface area (Å²) in [6, 6.07) is 12.0. The summed E-state index contributed by atoms with van der Waals surface area (Å²) in [7, 11) is 0. The van der Waals surface area contributed by atoms with Crippen LogP contribution in [0.4, 0.5) is 5.95 Å². The number of benzene rings is 1. The first kappa shape index (κ1) is 17.6. The number of nitrogens with zero attached hydrogens (tertiary/aromatic N) is 3. The fourth-order valence-corrected chi connectivity index (χ4v) is 3.62. The molecule has 0 bridgehead atoms. The van der Waals surface area contributed by atoms with Gasteiger partial charge in [-0.1, -0.05) is 32.0 Å². The van der Waals surface area contributed by atoms with Gasteiger partial charge in [0.15, 0.2) is 0 Å². The first-order chi connectivity index (χ1) is 12.2. The van der Waals surface area contributed by atoms with Crippen molar-refractivity contribution in [3.05, 3.63) is 46.7 Å². The van der Waals surface area contributed by atoms with Crippen LogP contribution in [-0.2, 0) is 17.8 Å². The Morgan fingerprint density at radius 2 is 2.00 bits per heavy atom. The van der Waals surface area contributed by atoms with E-state index in [0.29, 0.717) is 12.4 Å². The molecule has 3 rings (SSSR count). The average molecular weight is 356 g/mol. The van der Waals surface area contributed by atoms with E-state index in [1.807, 2.05) is 35.7 Å². The van der Waals surface area contributed by atoms with Crippen LogP contribution in [0, 0.1) is 0 Å². The highest BCUT2D eigenvalue weighted by molar-refractivity contribution is 7.10. The lowest BCUT2D eigenvalue weighted by atomic mass is 10.3. The Morgan fingerprint density at radius 1 is 1.20 bits per heavy atom. The van der Waals surface area contributed by atoms with Gasteiger partial charge in [0.05, 0.1) is 17.5 Å². The number of carbonyl (C=O) groups excluding carboxylic acids is 1. The minimum Gasteiger partial charge on any atom is -0.309 e. The lowest BCUT2D eigenvalue weighted by Gasteiger charge is -2.19. The van der Waals surface area contributed by atoms with Crippen molar-refractivity contribution >= 4 is 34.2 Å². The minimum absolute atomic E-state index is 0.0261. The number of imidazole rings is 1. The van der Waals surface area contributed by atoms with Gasteiger partial charge in [0.25, 0.3) is 0 Å². The van der Waals surface area contributed by atoms with Crippen LogP contribution < -0.4 is 5.32 Å². The lowest BCUT2D eigenvalue weighted by molar-refractivity contribution is -0.115. The number of hydrogen-bond donors (Lipinski definition) is 1. The van der Waals surface area contributed by atoms with Crippen molar-refractivity contribution in [2.45, 2.75) is 26.8 Å². The number of likely N-dealkylation sites (N-methyl/N-ethyl adjacent to an activating group) is 1. The number of nitrogens with one attached hydrogen (secondary N) is 1. The van der Waals surface area contributed by atoms with Gasteiger partial charge in [0, 0.05) is 18.0 Å². The second-order valence-electron chi connectivity index (χ2n) is 5.91. The quantitative estimate of drug-likeness (QED) is 0.671. The predicted octanol–water partition coefficient (Wildman–Crippen LogP) is 3.62. The fourth-order valence-electron chi connectivity index (χ4n) is 2.92. The summed E-state index contributed by atoms with van der Waals surface area (Å²) < 4.78 is 2.11. The molecule has 0 unspecified atom stereocenters. The Hall–Kier alpha value is -2.18. The number of hydrogen-bond acceptors (Lipinski definition) is 4.